The zero-order valence-electron chi connectivity index (χ0n) is 20.5. The highest BCUT2D eigenvalue weighted by Crippen LogP contribution is 2.11. The molecule has 0 aliphatic rings. The maximum Gasteiger partial charge on any atom is 0.407 e. The number of hydrogen-bond donors (Lipinski definition) is 6. The number of anilines is 1. The number of hydrogen-bond acceptors (Lipinski definition) is 7. The van der Waals surface area contributed by atoms with E-state index in [4.69, 9.17) is 4.74 Å². The average Bonchev–Trinajstić information content (AvgIpc) is 2.94. The molecule has 11 nitrogen and oxygen atoms in total. The van der Waals surface area contributed by atoms with Crippen molar-refractivity contribution in [3.63, 3.8) is 0 Å². The van der Waals surface area contributed by atoms with Gasteiger partial charge in [-0.3, -0.25) is 25.2 Å². The zero-order valence-corrected chi connectivity index (χ0v) is 20.5. The van der Waals surface area contributed by atoms with E-state index in [9.17, 15) is 24.3 Å². The largest absolute Gasteiger partial charge is 0.508 e. The van der Waals surface area contributed by atoms with Gasteiger partial charge in [0.05, 0.1) is 12.2 Å². The summed E-state index contributed by atoms with van der Waals surface area (Å²) in [6.45, 7) is -0.722. The Morgan fingerprint density at radius 2 is 1.37 bits per heavy atom. The lowest BCUT2D eigenvalue weighted by Crippen LogP contribution is -2.52. The number of phenols is 1. The number of ether oxygens (including phenoxy) is 1. The van der Waals surface area contributed by atoms with Crippen molar-refractivity contribution in [2.75, 3.05) is 18.5 Å². The van der Waals surface area contributed by atoms with E-state index < -0.39 is 36.4 Å². The summed E-state index contributed by atoms with van der Waals surface area (Å²) in [5, 5.41) is 16.9. The van der Waals surface area contributed by atoms with Crippen LogP contribution < -0.4 is 26.8 Å². The van der Waals surface area contributed by atoms with Gasteiger partial charge < -0.3 is 25.8 Å². The molecule has 3 aromatic rings. The summed E-state index contributed by atoms with van der Waals surface area (Å²) < 4.78 is 5.07. The Labute approximate surface area is 219 Å². The first-order valence-electron chi connectivity index (χ1n) is 11.8. The molecule has 1 atom stereocenters. The molecule has 0 spiro atoms. The maximum absolute atomic E-state index is 12.8. The first kappa shape index (κ1) is 27.5. The van der Waals surface area contributed by atoms with Crippen LogP contribution >= 0.6 is 0 Å². The van der Waals surface area contributed by atoms with Crippen LogP contribution in [0.1, 0.15) is 11.1 Å². The predicted octanol–water partition coefficient (Wildman–Crippen LogP) is 1.61. The fourth-order valence-corrected chi connectivity index (χ4v) is 3.25. The van der Waals surface area contributed by atoms with Gasteiger partial charge in [0.15, 0.2) is 0 Å². The van der Waals surface area contributed by atoms with Crippen LogP contribution in [0.3, 0.4) is 0 Å². The minimum absolute atomic E-state index is 0.0430. The molecule has 11 heteroatoms. The normalized spacial score (nSPS) is 10.9. The smallest absolute Gasteiger partial charge is 0.407 e. The van der Waals surface area contributed by atoms with E-state index in [-0.39, 0.29) is 25.3 Å². The molecule has 0 aliphatic heterocycles. The molecule has 4 amide bonds. The molecular formula is C27H29N5O6. The van der Waals surface area contributed by atoms with Gasteiger partial charge >= 0.3 is 6.09 Å². The van der Waals surface area contributed by atoms with Crippen molar-refractivity contribution in [1.29, 1.82) is 0 Å². The van der Waals surface area contributed by atoms with Gasteiger partial charge in [-0.15, -0.1) is 0 Å². The number of nitrogens with one attached hydrogen (secondary N) is 5. The first-order valence-corrected chi connectivity index (χ1v) is 11.8. The Balaban J connectivity index is 1.50. The lowest BCUT2D eigenvalue weighted by Gasteiger charge is -2.19. The number of aromatic hydroxyl groups is 1. The van der Waals surface area contributed by atoms with Crippen LogP contribution in [-0.4, -0.2) is 48.1 Å². The SMILES string of the molecule is O=C(CNC(=O)[C@H](Cc1ccc(O)cc1)NC(=O)CNC(=O)OCc1ccccc1)NNc1ccccc1. The van der Waals surface area contributed by atoms with Gasteiger partial charge in [0.1, 0.15) is 24.9 Å². The Morgan fingerprint density at radius 3 is 2.05 bits per heavy atom. The monoisotopic (exact) mass is 519 g/mol. The van der Waals surface area contributed by atoms with Crippen molar-refractivity contribution in [3.8, 4) is 5.75 Å². The number of rotatable bonds is 12. The molecule has 38 heavy (non-hydrogen) atoms. The molecule has 0 radical (unpaired) electrons. The molecule has 0 fully saturated rings. The summed E-state index contributed by atoms with van der Waals surface area (Å²) in [6, 6.07) is 23.1. The third kappa shape index (κ3) is 9.90. The number of phenolic OH excluding ortho intramolecular Hbond substituents is 1. The molecule has 3 rings (SSSR count). The molecule has 0 bridgehead atoms. The van der Waals surface area contributed by atoms with Crippen molar-refractivity contribution in [2.45, 2.75) is 19.1 Å². The summed E-state index contributed by atoms with van der Waals surface area (Å²) in [5.74, 6) is -1.68. The maximum atomic E-state index is 12.8. The molecule has 0 aromatic heterocycles. The van der Waals surface area contributed by atoms with Crippen LogP contribution in [0.2, 0.25) is 0 Å². The Morgan fingerprint density at radius 1 is 0.737 bits per heavy atom. The van der Waals surface area contributed by atoms with Crippen molar-refractivity contribution in [1.82, 2.24) is 21.4 Å². The zero-order chi connectivity index (χ0) is 27.2. The average molecular weight is 520 g/mol. The van der Waals surface area contributed by atoms with Gasteiger partial charge in [0, 0.05) is 6.42 Å². The number of para-hydroxylation sites is 1. The van der Waals surface area contributed by atoms with E-state index in [1.54, 1.807) is 48.5 Å². The highest BCUT2D eigenvalue weighted by atomic mass is 16.5. The quantitative estimate of drug-likeness (QED) is 0.198. The van der Waals surface area contributed by atoms with Crippen molar-refractivity contribution < 1.29 is 29.0 Å². The number of carbonyl (C=O) groups excluding carboxylic acids is 4. The van der Waals surface area contributed by atoms with Crippen LogP contribution in [0, 0.1) is 0 Å². The summed E-state index contributed by atoms with van der Waals surface area (Å²) in [7, 11) is 0. The minimum Gasteiger partial charge on any atom is -0.508 e. The third-order valence-electron chi connectivity index (χ3n) is 5.18. The number of carbonyl (C=O) groups is 4. The van der Waals surface area contributed by atoms with Crippen molar-refractivity contribution in [2.24, 2.45) is 0 Å². The van der Waals surface area contributed by atoms with Crippen molar-refractivity contribution in [3.05, 3.63) is 96.1 Å². The number of amides is 4. The third-order valence-corrected chi connectivity index (χ3v) is 5.18. The first-order chi connectivity index (χ1) is 18.4. The Hall–Kier alpha value is -5.06. The molecule has 0 aliphatic carbocycles. The molecule has 0 unspecified atom stereocenters. The molecule has 198 valence electrons. The van der Waals surface area contributed by atoms with E-state index in [0.29, 0.717) is 11.3 Å². The molecule has 0 saturated heterocycles. The van der Waals surface area contributed by atoms with Crippen LogP contribution in [0.4, 0.5) is 10.5 Å². The van der Waals surface area contributed by atoms with Gasteiger partial charge in [-0.25, -0.2) is 4.79 Å². The fourth-order valence-electron chi connectivity index (χ4n) is 3.25. The number of alkyl carbamates (subject to hydrolysis) is 1. The lowest BCUT2D eigenvalue weighted by molar-refractivity contribution is -0.130. The van der Waals surface area contributed by atoms with E-state index >= 15 is 0 Å². The lowest BCUT2D eigenvalue weighted by atomic mass is 10.0. The van der Waals surface area contributed by atoms with E-state index in [1.165, 1.54) is 12.1 Å². The Kier molecular flexibility index (Phi) is 10.5. The summed E-state index contributed by atoms with van der Waals surface area (Å²) in [5.41, 5.74) is 7.31. The Bertz CT molecular complexity index is 1210. The van der Waals surface area contributed by atoms with Crippen LogP contribution in [0.15, 0.2) is 84.9 Å². The highest BCUT2D eigenvalue weighted by molar-refractivity contribution is 5.92. The predicted molar refractivity (Wildman–Crippen MR) is 140 cm³/mol. The number of benzene rings is 3. The number of hydrazine groups is 1. The van der Waals surface area contributed by atoms with Crippen LogP contribution in [-0.2, 0) is 32.1 Å². The van der Waals surface area contributed by atoms with Gasteiger partial charge in [-0.05, 0) is 35.4 Å². The summed E-state index contributed by atoms with van der Waals surface area (Å²) >= 11 is 0. The van der Waals surface area contributed by atoms with E-state index in [0.717, 1.165) is 5.56 Å². The van der Waals surface area contributed by atoms with Gasteiger partial charge in [0.25, 0.3) is 5.91 Å². The van der Waals surface area contributed by atoms with E-state index in [2.05, 4.69) is 26.8 Å². The second kappa shape index (κ2) is 14.5. The molecule has 3 aromatic carbocycles. The van der Waals surface area contributed by atoms with Crippen LogP contribution in [0.25, 0.3) is 0 Å². The summed E-state index contributed by atoms with van der Waals surface area (Å²) in [6.07, 6.45) is -0.702. The summed E-state index contributed by atoms with van der Waals surface area (Å²) in [4.78, 5) is 49.4. The van der Waals surface area contributed by atoms with Gasteiger partial charge in [-0.1, -0.05) is 60.7 Å². The fraction of sp³-hybridized carbons (Fsp3) is 0.185. The van der Waals surface area contributed by atoms with Gasteiger partial charge in [-0.2, -0.15) is 0 Å². The van der Waals surface area contributed by atoms with Crippen LogP contribution in [0.5, 0.6) is 5.75 Å². The molecule has 6 N–H and O–H groups in total. The standard InChI is InChI=1S/C27H29N5O6/c33-22-13-11-19(12-14-22)15-23(26(36)28-17-25(35)32-31-21-9-5-2-6-10-21)30-24(34)16-29-27(37)38-18-20-7-3-1-4-8-20/h1-14,23,31,33H,15-18H2,(H,28,36)(H,29,37)(H,30,34)(H,32,35)/t23-/m0/s1. The highest BCUT2D eigenvalue weighted by Gasteiger charge is 2.22. The molecular weight excluding hydrogens is 490 g/mol. The molecule has 0 heterocycles. The van der Waals surface area contributed by atoms with E-state index in [1.807, 2.05) is 24.3 Å². The topological polar surface area (TPSA) is 158 Å². The van der Waals surface area contributed by atoms with Gasteiger partial charge in [0.2, 0.25) is 11.8 Å². The van der Waals surface area contributed by atoms with Crippen molar-refractivity contribution >= 4 is 29.5 Å². The second-order valence-electron chi connectivity index (χ2n) is 8.16. The molecule has 0 saturated carbocycles. The second-order valence-corrected chi connectivity index (χ2v) is 8.16. The minimum atomic E-state index is -1.05.